The number of halogens is 1. The summed E-state index contributed by atoms with van der Waals surface area (Å²) in [4.78, 5) is 20.8. The van der Waals surface area contributed by atoms with Gasteiger partial charge in [-0.1, -0.05) is 35.9 Å². The fourth-order valence-corrected chi connectivity index (χ4v) is 2.85. The molecule has 0 bridgehead atoms. The predicted molar refractivity (Wildman–Crippen MR) is 111 cm³/mol. The minimum Gasteiger partial charge on any atom is -0.496 e. The van der Waals surface area contributed by atoms with E-state index in [1.807, 2.05) is 37.3 Å². The molecule has 0 spiro atoms. The van der Waals surface area contributed by atoms with Gasteiger partial charge in [0.05, 0.1) is 12.7 Å². The van der Waals surface area contributed by atoms with Crippen LogP contribution in [0.4, 0.5) is 11.6 Å². The summed E-state index contributed by atoms with van der Waals surface area (Å²) in [6.07, 6.45) is 3.75. The van der Waals surface area contributed by atoms with E-state index in [4.69, 9.17) is 16.3 Å². The highest BCUT2D eigenvalue weighted by atomic mass is 35.5. The first-order valence-corrected chi connectivity index (χ1v) is 9.20. The fourth-order valence-electron chi connectivity index (χ4n) is 2.68. The molecule has 0 aliphatic rings. The number of hydrogen-bond acceptors (Lipinski definition) is 5. The Morgan fingerprint density at radius 2 is 1.89 bits per heavy atom. The molecule has 0 radical (unpaired) electrons. The average molecular weight is 397 g/mol. The Kier molecular flexibility index (Phi) is 6.45. The molecule has 0 unspecified atom stereocenters. The van der Waals surface area contributed by atoms with E-state index in [9.17, 15) is 4.79 Å². The van der Waals surface area contributed by atoms with Gasteiger partial charge < -0.3 is 15.4 Å². The lowest BCUT2D eigenvalue weighted by Gasteiger charge is -2.10. The number of benzene rings is 2. The first-order chi connectivity index (χ1) is 13.6. The van der Waals surface area contributed by atoms with Gasteiger partial charge in [-0.25, -0.2) is 9.97 Å². The zero-order valence-corrected chi connectivity index (χ0v) is 16.5. The van der Waals surface area contributed by atoms with Crippen LogP contribution < -0.4 is 15.4 Å². The Bertz CT molecular complexity index is 961. The predicted octanol–water partition coefficient (Wildman–Crippen LogP) is 4.35. The van der Waals surface area contributed by atoms with Crippen molar-refractivity contribution in [3.05, 3.63) is 76.6 Å². The maximum absolute atomic E-state index is 12.4. The van der Waals surface area contributed by atoms with Crippen LogP contribution >= 0.6 is 11.6 Å². The topological polar surface area (TPSA) is 76.1 Å². The molecule has 0 aliphatic heterocycles. The number of para-hydroxylation sites is 1. The molecule has 2 N–H and O–H groups in total. The summed E-state index contributed by atoms with van der Waals surface area (Å²) in [5, 5.41) is 6.54. The monoisotopic (exact) mass is 396 g/mol. The molecule has 28 heavy (non-hydrogen) atoms. The molecule has 3 aromatic rings. The molecule has 1 heterocycles. The van der Waals surface area contributed by atoms with Gasteiger partial charge in [-0.2, -0.15) is 0 Å². The number of aromatic nitrogens is 2. The number of anilines is 2. The summed E-state index contributed by atoms with van der Waals surface area (Å²) >= 11 is 5.99. The van der Waals surface area contributed by atoms with Crippen molar-refractivity contribution in [2.45, 2.75) is 13.3 Å². The van der Waals surface area contributed by atoms with Crippen LogP contribution in [0.5, 0.6) is 5.75 Å². The lowest BCUT2D eigenvalue weighted by Crippen LogP contribution is -2.14. The number of methoxy groups -OCH3 is 1. The fraction of sp³-hybridized carbons (Fsp3) is 0.190. The van der Waals surface area contributed by atoms with E-state index in [1.165, 1.54) is 12.4 Å². The SMILES string of the molecule is COc1ccccc1CCNc1ncc(C(=O)Nc2cc(Cl)ccc2C)cn1. The molecule has 1 aromatic heterocycles. The quantitative estimate of drug-likeness (QED) is 0.620. The molecular formula is C21H21ClN4O2. The maximum atomic E-state index is 12.4. The number of ether oxygens (including phenoxy) is 1. The lowest BCUT2D eigenvalue weighted by atomic mass is 10.1. The van der Waals surface area contributed by atoms with Crippen LogP contribution in [0.25, 0.3) is 0 Å². The minimum absolute atomic E-state index is 0.286. The van der Waals surface area contributed by atoms with Gasteiger partial charge in [-0.15, -0.1) is 0 Å². The van der Waals surface area contributed by atoms with Crippen LogP contribution in [0.2, 0.25) is 5.02 Å². The van der Waals surface area contributed by atoms with Crippen molar-refractivity contribution in [2.75, 3.05) is 24.3 Å². The second-order valence-electron chi connectivity index (χ2n) is 6.20. The molecule has 3 rings (SSSR count). The highest BCUT2D eigenvalue weighted by Gasteiger charge is 2.10. The van der Waals surface area contributed by atoms with Gasteiger partial charge in [0.15, 0.2) is 0 Å². The normalized spacial score (nSPS) is 10.4. The van der Waals surface area contributed by atoms with Crippen LogP contribution in [-0.4, -0.2) is 29.5 Å². The number of carbonyl (C=O) groups excluding carboxylic acids is 1. The van der Waals surface area contributed by atoms with Gasteiger partial charge in [0, 0.05) is 29.6 Å². The third kappa shape index (κ3) is 4.98. The smallest absolute Gasteiger partial charge is 0.258 e. The minimum atomic E-state index is -0.286. The number of amides is 1. The van der Waals surface area contributed by atoms with Gasteiger partial charge in [0.25, 0.3) is 5.91 Å². The highest BCUT2D eigenvalue weighted by molar-refractivity contribution is 6.31. The van der Waals surface area contributed by atoms with Gasteiger partial charge >= 0.3 is 0 Å². The van der Waals surface area contributed by atoms with Crippen molar-refractivity contribution < 1.29 is 9.53 Å². The molecule has 0 fully saturated rings. The molecule has 144 valence electrons. The van der Waals surface area contributed by atoms with Crippen molar-refractivity contribution in [2.24, 2.45) is 0 Å². The Balaban J connectivity index is 1.57. The van der Waals surface area contributed by atoms with Gasteiger partial charge in [-0.3, -0.25) is 4.79 Å². The van der Waals surface area contributed by atoms with Crippen molar-refractivity contribution in [1.82, 2.24) is 9.97 Å². The van der Waals surface area contributed by atoms with E-state index in [0.717, 1.165) is 23.3 Å². The molecule has 2 aromatic carbocycles. The molecule has 7 heteroatoms. The summed E-state index contributed by atoms with van der Waals surface area (Å²) < 4.78 is 5.34. The Morgan fingerprint density at radius 3 is 2.64 bits per heavy atom. The number of nitrogens with zero attached hydrogens (tertiary/aromatic N) is 2. The molecule has 0 aliphatic carbocycles. The molecule has 6 nitrogen and oxygen atoms in total. The summed E-state index contributed by atoms with van der Waals surface area (Å²) in [5.74, 6) is 1.03. The number of aryl methyl sites for hydroxylation is 1. The second kappa shape index (κ2) is 9.19. The first kappa shape index (κ1) is 19.6. The van der Waals surface area contributed by atoms with Crippen LogP contribution in [0.1, 0.15) is 21.5 Å². The molecular weight excluding hydrogens is 376 g/mol. The van der Waals surface area contributed by atoms with E-state index in [2.05, 4.69) is 20.6 Å². The summed E-state index contributed by atoms with van der Waals surface area (Å²) in [6.45, 7) is 2.55. The molecule has 1 amide bonds. The maximum Gasteiger partial charge on any atom is 0.258 e. The lowest BCUT2D eigenvalue weighted by molar-refractivity contribution is 0.102. The van der Waals surface area contributed by atoms with Crippen molar-refractivity contribution in [1.29, 1.82) is 0 Å². The zero-order chi connectivity index (χ0) is 19.9. The average Bonchev–Trinajstić information content (AvgIpc) is 2.71. The van der Waals surface area contributed by atoms with Crippen LogP contribution in [0, 0.1) is 6.92 Å². The standard InChI is InChI=1S/C21H21ClN4O2/c1-14-7-8-17(22)11-18(14)26-20(27)16-12-24-21(25-13-16)23-10-9-15-5-3-4-6-19(15)28-2/h3-8,11-13H,9-10H2,1-2H3,(H,26,27)(H,23,24,25). The van der Waals surface area contributed by atoms with Crippen molar-refractivity contribution in [3.63, 3.8) is 0 Å². The molecule has 0 saturated carbocycles. The molecule has 0 atom stereocenters. The summed E-state index contributed by atoms with van der Waals surface area (Å²) in [6, 6.07) is 13.2. The van der Waals surface area contributed by atoms with Crippen LogP contribution in [0.15, 0.2) is 54.9 Å². The van der Waals surface area contributed by atoms with Crippen LogP contribution in [-0.2, 0) is 6.42 Å². The summed E-state index contributed by atoms with van der Waals surface area (Å²) in [7, 11) is 1.66. The van der Waals surface area contributed by atoms with Crippen molar-refractivity contribution >= 4 is 29.1 Å². The molecule has 0 saturated heterocycles. The number of hydrogen-bond donors (Lipinski definition) is 2. The number of rotatable bonds is 7. The first-order valence-electron chi connectivity index (χ1n) is 8.82. The van der Waals surface area contributed by atoms with E-state index >= 15 is 0 Å². The van der Waals surface area contributed by atoms with E-state index < -0.39 is 0 Å². The number of carbonyl (C=O) groups is 1. The Hall–Kier alpha value is -3.12. The van der Waals surface area contributed by atoms with E-state index in [0.29, 0.717) is 28.8 Å². The Morgan fingerprint density at radius 1 is 1.14 bits per heavy atom. The van der Waals surface area contributed by atoms with Gasteiger partial charge in [-0.05, 0) is 42.7 Å². The van der Waals surface area contributed by atoms with Crippen LogP contribution in [0.3, 0.4) is 0 Å². The van der Waals surface area contributed by atoms with Gasteiger partial charge in [0.1, 0.15) is 5.75 Å². The number of nitrogens with one attached hydrogen (secondary N) is 2. The third-order valence-electron chi connectivity index (χ3n) is 4.23. The zero-order valence-electron chi connectivity index (χ0n) is 15.7. The highest BCUT2D eigenvalue weighted by Crippen LogP contribution is 2.21. The van der Waals surface area contributed by atoms with E-state index in [-0.39, 0.29) is 5.91 Å². The van der Waals surface area contributed by atoms with E-state index in [1.54, 1.807) is 19.2 Å². The second-order valence-corrected chi connectivity index (χ2v) is 6.63. The Labute approximate surface area is 168 Å². The third-order valence-corrected chi connectivity index (χ3v) is 4.47. The largest absolute Gasteiger partial charge is 0.496 e. The van der Waals surface area contributed by atoms with Crippen molar-refractivity contribution in [3.8, 4) is 5.75 Å². The summed E-state index contributed by atoms with van der Waals surface area (Å²) in [5.41, 5.74) is 3.06. The van der Waals surface area contributed by atoms with Gasteiger partial charge in [0.2, 0.25) is 5.95 Å².